The third kappa shape index (κ3) is 11.3. The number of hydrogen-bond acceptors (Lipinski definition) is 18. The van der Waals surface area contributed by atoms with Gasteiger partial charge in [0, 0.05) is 106 Å². The van der Waals surface area contributed by atoms with Crippen molar-refractivity contribution in [1.29, 1.82) is 0 Å². The van der Waals surface area contributed by atoms with Crippen LogP contribution in [0.1, 0.15) is 94.7 Å². The van der Waals surface area contributed by atoms with Gasteiger partial charge in [-0.2, -0.15) is 0 Å². The van der Waals surface area contributed by atoms with Crippen molar-refractivity contribution in [2.45, 2.75) is 127 Å². The normalized spacial score (nSPS) is 23.3. The summed E-state index contributed by atoms with van der Waals surface area (Å²) in [6.07, 6.45) is 6.98. The van der Waals surface area contributed by atoms with Gasteiger partial charge in [-0.1, -0.05) is 38.1 Å². The average molecular weight is 1090 g/mol. The van der Waals surface area contributed by atoms with E-state index in [9.17, 15) is 19.8 Å². The predicted molar refractivity (Wildman–Crippen MR) is 292 cm³/mol. The predicted octanol–water partition coefficient (Wildman–Crippen LogP) is 7.29. The molecule has 78 heavy (non-hydrogen) atoms. The van der Waals surface area contributed by atoms with Crippen LogP contribution in [0.15, 0.2) is 83.0 Å². The second kappa shape index (κ2) is 22.8. The number of aliphatic hydroxyl groups is 1. The van der Waals surface area contributed by atoms with Crippen molar-refractivity contribution in [3.63, 3.8) is 0 Å². The Morgan fingerprint density at radius 1 is 0.897 bits per heavy atom. The number of aliphatic hydroxyl groups excluding tert-OH is 1. The maximum atomic E-state index is 15.3. The molecule has 5 fully saturated rings. The number of piperidine rings is 1. The fourth-order valence-corrected chi connectivity index (χ4v) is 12.8. The first-order valence-corrected chi connectivity index (χ1v) is 28.1. The summed E-state index contributed by atoms with van der Waals surface area (Å²) in [5.74, 6) is -0.438. The van der Waals surface area contributed by atoms with Crippen molar-refractivity contribution in [3.8, 4) is 39.2 Å². The molecule has 4 aromatic heterocycles. The van der Waals surface area contributed by atoms with Crippen LogP contribution in [0.25, 0.3) is 21.7 Å². The van der Waals surface area contributed by atoms with Crippen molar-refractivity contribution < 1.29 is 42.9 Å². The van der Waals surface area contributed by atoms with Gasteiger partial charge in [0.2, 0.25) is 17.7 Å². The topological polar surface area (TPSA) is 231 Å². The number of rotatable bonds is 18. The number of likely N-dealkylation sites (tertiary alicyclic amines) is 2. The number of piperazine rings is 1. The number of pyridine rings is 1. The molecule has 6 atom stereocenters. The van der Waals surface area contributed by atoms with E-state index in [-0.39, 0.29) is 66.8 Å². The number of fused-ring (bicyclic) bond motifs is 2. The van der Waals surface area contributed by atoms with Crippen LogP contribution in [0.4, 0.5) is 21.6 Å². The standard InChI is InChI=1S/C57H68FN11O8S/c1-32(2)53(57(73)68-30-39(70)23-48(68)56(72)62-33(3)35-9-12-43(45(58)21-35)54-34(4)61-31-78-54)50-27-52(65-77-50)74-20-19-66-17-14-40(15-18-66)75-41-24-42(25-41)76-51-22-36(13-16-60-51)69-37-10-11-38(69)29-67(28-37)47-26-46(63-64-55(47)59)44-7-5-6-8-49(44)71/h5-9,12-13,16,21-22,26-27,31-33,37-42,48,53,70-71H,10-11,14-15,17-20,23-25,28-30H2,1-4H3,(H2,59,64)(H,62,72)/t33-,37?,38?,39+,41-,42-,48-,53-/m0/s1. The number of nitrogens with zero attached hydrogens (tertiary/aromatic N) is 9. The van der Waals surface area contributed by atoms with Gasteiger partial charge in [0.25, 0.3) is 5.88 Å². The Morgan fingerprint density at radius 2 is 1.68 bits per heavy atom. The molecule has 21 heteroatoms. The zero-order chi connectivity index (χ0) is 54.2. The van der Waals surface area contributed by atoms with Gasteiger partial charge in [0.15, 0.2) is 11.6 Å². The second-order valence-electron chi connectivity index (χ2n) is 21.8. The van der Waals surface area contributed by atoms with Gasteiger partial charge in [-0.25, -0.2) is 14.4 Å². The van der Waals surface area contributed by atoms with E-state index in [1.54, 1.807) is 42.8 Å². The van der Waals surface area contributed by atoms with Crippen molar-refractivity contribution in [3.05, 3.63) is 101 Å². The molecular weight excluding hydrogens is 1020 g/mol. The van der Waals surface area contributed by atoms with Gasteiger partial charge < -0.3 is 54.7 Å². The fraction of sp³-hybridized carbons (Fsp3) is 0.491. The number of aromatic nitrogens is 5. The minimum absolute atomic E-state index is 0.00804. The number of hydrogen-bond donors (Lipinski definition) is 4. The number of phenols is 1. The van der Waals surface area contributed by atoms with Gasteiger partial charge in [-0.15, -0.1) is 21.5 Å². The Balaban J connectivity index is 0.603. The smallest absolute Gasteiger partial charge is 0.254 e. The summed E-state index contributed by atoms with van der Waals surface area (Å²) >= 11 is 1.37. The lowest BCUT2D eigenvalue weighted by Crippen LogP contribution is -2.54. The quantitative estimate of drug-likeness (QED) is 0.0662. The number of halogens is 1. The molecule has 412 valence electrons. The van der Waals surface area contributed by atoms with Crippen LogP contribution in [0.2, 0.25) is 0 Å². The average Bonchev–Trinajstić information content (AvgIpc) is 4.35. The number of anilines is 3. The van der Waals surface area contributed by atoms with Crippen molar-refractivity contribution in [1.82, 2.24) is 40.4 Å². The first-order valence-electron chi connectivity index (χ1n) is 27.3. The Labute approximate surface area is 456 Å². The van der Waals surface area contributed by atoms with Gasteiger partial charge in [0.1, 0.15) is 36.2 Å². The molecule has 2 amide bonds. The highest BCUT2D eigenvalue weighted by atomic mass is 32.1. The lowest BCUT2D eigenvalue weighted by molar-refractivity contribution is -0.141. The maximum absolute atomic E-state index is 15.3. The molecule has 2 unspecified atom stereocenters. The molecule has 19 nitrogen and oxygen atoms in total. The number of nitrogen functional groups attached to an aromatic ring is 1. The SMILES string of the molecule is Cc1ncsc1-c1ccc([C@H](C)NC(=O)[C@@H]2C[C@@H](O)CN2C(=O)[C@H](c2cc(OCCN3CCC(O[C@H]4C[C@H](Oc5cc(N6C7CCC6CN(c6cc(-c8ccccc8O)nnc6N)C7)ccn5)C4)CC3)no2)C(C)C)cc1F. The van der Waals surface area contributed by atoms with Crippen molar-refractivity contribution >= 4 is 40.3 Å². The summed E-state index contributed by atoms with van der Waals surface area (Å²) < 4.78 is 40.0. The summed E-state index contributed by atoms with van der Waals surface area (Å²) in [6.45, 7) is 11.8. The highest BCUT2D eigenvalue weighted by Gasteiger charge is 2.45. The number of β-amino-alcohol motifs (C(OH)–C–C–N with tert-alkyl or cyclic N) is 1. The summed E-state index contributed by atoms with van der Waals surface area (Å²) in [7, 11) is 0. The first kappa shape index (κ1) is 53.1. The highest BCUT2D eigenvalue weighted by Crippen LogP contribution is 2.41. The van der Waals surface area contributed by atoms with Crippen LogP contribution in [-0.2, 0) is 14.3 Å². The summed E-state index contributed by atoms with van der Waals surface area (Å²) in [5, 5.41) is 36.8. The van der Waals surface area contributed by atoms with Gasteiger partial charge in [-0.3, -0.25) is 14.5 Å². The van der Waals surface area contributed by atoms with E-state index in [0.717, 1.165) is 86.6 Å². The fourth-order valence-electron chi connectivity index (χ4n) is 12.0. The minimum atomic E-state index is -0.927. The number of amides is 2. The second-order valence-corrected chi connectivity index (χ2v) is 22.7. The molecule has 2 bridgehead atoms. The summed E-state index contributed by atoms with van der Waals surface area (Å²) in [6, 6.07) is 18.8. The van der Waals surface area contributed by atoms with E-state index >= 15 is 4.39 Å². The zero-order valence-electron chi connectivity index (χ0n) is 44.4. The van der Waals surface area contributed by atoms with E-state index in [1.807, 2.05) is 45.2 Å². The van der Waals surface area contributed by atoms with E-state index in [1.165, 1.54) is 22.3 Å². The minimum Gasteiger partial charge on any atom is -0.507 e. The lowest BCUT2D eigenvalue weighted by Gasteiger charge is -2.43. The first-order chi connectivity index (χ1) is 37.7. The number of benzene rings is 2. The number of para-hydroxylation sites is 1. The van der Waals surface area contributed by atoms with Crippen LogP contribution < -0.4 is 30.3 Å². The monoisotopic (exact) mass is 1090 g/mol. The van der Waals surface area contributed by atoms with Crippen LogP contribution in [-0.4, -0.2) is 146 Å². The lowest BCUT2D eigenvalue weighted by atomic mass is 9.91. The summed E-state index contributed by atoms with van der Waals surface area (Å²) in [4.78, 5) is 46.1. The van der Waals surface area contributed by atoms with Gasteiger partial charge in [0.05, 0.1) is 51.8 Å². The number of nitrogens with two attached hydrogens (primary N) is 1. The maximum Gasteiger partial charge on any atom is 0.254 e. The van der Waals surface area contributed by atoms with E-state index in [4.69, 9.17) is 24.5 Å². The largest absolute Gasteiger partial charge is 0.507 e. The third-order valence-corrected chi connectivity index (χ3v) is 17.2. The van der Waals surface area contributed by atoms with Crippen molar-refractivity contribution in [2.24, 2.45) is 5.92 Å². The van der Waals surface area contributed by atoms with Crippen LogP contribution in [0.3, 0.4) is 0 Å². The van der Waals surface area contributed by atoms with Crippen LogP contribution >= 0.6 is 11.3 Å². The number of aryl methyl sites for hydroxylation is 1. The number of carbonyl (C=O) groups is 2. The Kier molecular flexibility index (Phi) is 15.5. The van der Waals surface area contributed by atoms with E-state index in [0.29, 0.717) is 53.0 Å². The number of ether oxygens (including phenoxy) is 3. The number of phenolic OH excluding ortho intramolecular Hbond substituents is 1. The molecule has 5 N–H and O–H groups in total. The molecule has 4 aliphatic heterocycles. The molecule has 0 spiro atoms. The highest BCUT2D eigenvalue weighted by molar-refractivity contribution is 7.13. The van der Waals surface area contributed by atoms with Gasteiger partial charge in [-0.05, 0) is 86.5 Å². The molecule has 1 aliphatic carbocycles. The number of carbonyl (C=O) groups excluding carboxylic acids is 2. The zero-order valence-corrected chi connectivity index (χ0v) is 45.2. The van der Waals surface area contributed by atoms with Gasteiger partial charge >= 0.3 is 0 Å². The molecule has 8 heterocycles. The number of nitrogens with one attached hydrogen (secondary N) is 1. The van der Waals surface area contributed by atoms with E-state index in [2.05, 4.69) is 57.5 Å². The molecule has 4 saturated heterocycles. The molecule has 2 aromatic carbocycles. The molecular formula is C57H68FN11O8S. The number of thiazole rings is 1. The molecule has 1 saturated carbocycles. The van der Waals surface area contributed by atoms with Crippen molar-refractivity contribution in [2.75, 3.05) is 61.4 Å². The Bertz CT molecular complexity index is 3080. The Morgan fingerprint density at radius 3 is 2.41 bits per heavy atom. The summed E-state index contributed by atoms with van der Waals surface area (Å²) in [5.41, 5.74) is 13.0. The van der Waals surface area contributed by atoms with Crippen LogP contribution in [0.5, 0.6) is 17.5 Å². The molecule has 0 radical (unpaired) electrons. The molecule has 6 aromatic rings. The Hall–Kier alpha value is -6.94. The van der Waals surface area contributed by atoms with E-state index < -0.39 is 35.8 Å². The molecule has 11 rings (SSSR count). The van der Waals surface area contributed by atoms with Crippen LogP contribution in [0, 0.1) is 18.7 Å². The number of aromatic hydroxyl groups is 1. The third-order valence-electron chi connectivity index (χ3n) is 16.2. The molecule has 5 aliphatic rings.